The number of hydrogen-bond acceptors (Lipinski definition) is 7. The van der Waals surface area contributed by atoms with Crippen molar-refractivity contribution in [3.63, 3.8) is 0 Å². The molecule has 0 fully saturated rings. The second-order valence-electron chi connectivity index (χ2n) is 8.20. The van der Waals surface area contributed by atoms with E-state index in [0.717, 1.165) is 12.5 Å². The summed E-state index contributed by atoms with van der Waals surface area (Å²) in [5.41, 5.74) is -0.0887. The zero-order valence-corrected chi connectivity index (χ0v) is 19.7. The third-order valence-corrected chi connectivity index (χ3v) is 6.55. The zero-order chi connectivity index (χ0) is 24.1. The second-order valence-corrected chi connectivity index (χ2v) is 10.0. The third-order valence-electron chi connectivity index (χ3n) is 5.42. The van der Waals surface area contributed by atoms with Crippen LogP contribution >= 0.6 is 11.6 Å². The van der Waals surface area contributed by atoms with Gasteiger partial charge in [0.25, 0.3) is 10.1 Å². The summed E-state index contributed by atoms with van der Waals surface area (Å²) in [6.07, 6.45) is 1.52. The van der Waals surface area contributed by atoms with Crippen molar-refractivity contribution in [1.29, 1.82) is 0 Å². The molecule has 0 spiro atoms. The SMILES string of the molecule is CCCCOC(=O)c1cc(=O)c2c3c(cc(Cl)c2o1)-c1ccc(S(=O)(=O)O)cc1C(C)(C)O3. The van der Waals surface area contributed by atoms with Gasteiger partial charge in [-0.2, -0.15) is 8.42 Å². The van der Waals surface area contributed by atoms with Gasteiger partial charge < -0.3 is 13.9 Å². The van der Waals surface area contributed by atoms with E-state index >= 15 is 0 Å². The number of hydrogen-bond donors (Lipinski definition) is 1. The van der Waals surface area contributed by atoms with Crippen molar-refractivity contribution in [1.82, 2.24) is 0 Å². The van der Waals surface area contributed by atoms with E-state index in [1.807, 2.05) is 6.92 Å². The van der Waals surface area contributed by atoms with E-state index in [0.29, 0.717) is 23.1 Å². The molecule has 1 N–H and O–H groups in total. The van der Waals surface area contributed by atoms with Crippen molar-refractivity contribution < 1.29 is 31.7 Å². The van der Waals surface area contributed by atoms with Crippen LogP contribution in [0.1, 0.15) is 49.7 Å². The Morgan fingerprint density at radius 1 is 1.18 bits per heavy atom. The molecule has 8 nitrogen and oxygen atoms in total. The van der Waals surface area contributed by atoms with Gasteiger partial charge in [0.1, 0.15) is 16.7 Å². The molecule has 0 unspecified atom stereocenters. The fraction of sp³-hybridized carbons (Fsp3) is 0.304. The highest BCUT2D eigenvalue weighted by Gasteiger charge is 2.36. The summed E-state index contributed by atoms with van der Waals surface area (Å²) in [4.78, 5) is 25.1. The number of unbranched alkanes of at least 4 members (excludes halogenated alkanes) is 1. The molecule has 0 bridgehead atoms. The molecule has 1 aliphatic rings. The number of esters is 1. The molecule has 3 aromatic rings. The fourth-order valence-electron chi connectivity index (χ4n) is 3.78. The predicted octanol–water partition coefficient (Wildman–Crippen LogP) is 4.94. The van der Waals surface area contributed by atoms with Crippen LogP contribution < -0.4 is 10.2 Å². The highest BCUT2D eigenvalue weighted by atomic mass is 35.5. The number of fused-ring (bicyclic) bond motifs is 5. The van der Waals surface area contributed by atoms with Crippen LogP contribution in [-0.2, 0) is 20.5 Å². The minimum Gasteiger partial charge on any atom is -0.482 e. The first kappa shape index (κ1) is 23.3. The van der Waals surface area contributed by atoms with Gasteiger partial charge in [0.05, 0.1) is 16.5 Å². The smallest absolute Gasteiger partial charge is 0.374 e. The molecule has 2 aromatic carbocycles. The Hall–Kier alpha value is -2.88. The van der Waals surface area contributed by atoms with Crippen molar-refractivity contribution >= 4 is 38.7 Å². The summed E-state index contributed by atoms with van der Waals surface area (Å²) in [5, 5.41) is 0.123. The Kier molecular flexibility index (Phi) is 5.76. The number of carbonyl (C=O) groups is 1. The van der Waals surface area contributed by atoms with Gasteiger partial charge in [-0.05, 0) is 44.0 Å². The first-order valence-electron chi connectivity index (χ1n) is 10.2. The number of ether oxygens (including phenoxy) is 2. The molecule has 4 rings (SSSR count). The summed E-state index contributed by atoms with van der Waals surface area (Å²) < 4.78 is 49.6. The average Bonchev–Trinajstić information content (AvgIpc) is 2.73. The van der Waals surface area contributed by atoms with E-state index in [1.54, 1.807) is 13.8 Å². The summed E-state index contributed by atoms with van der Waals surface area (Å²) >= 11 is 6.43. The van der Waals surface area contributed by atoms with Crippen LogP contribution in [0.2, 0.25) is 5.02 Å². The largest absolute Gasteiger partial charge is 0.482 e. The Labute approximate surface area is 194 Å². The van der Waals surface area contributed by atoms with Crippen molar-refractivity contribution in [2.45, 2.75) is 44.1 Å². The summed E-state index contributed by atoms with van der Waals surface area (Å²) in [5.74, 6) is -0.828. The Bertz CT molecular complexity index is 1450. The summed E-state index contributed by atoms with van der Waals surface area (Å²) in [6, 6.07) is 6.67. The highest BCUT2D eigenvalue weighted by molar-refractivity contribution is 7.85. The van der Waals surface area contributed by atoms with E-state index < -0.39 is 27.1 Å². The summed E-state index contributed by atoms with van der Waals surface area (Å²) in [6.45, 7) is 5.55. The standard InChI is InChI=1S/C23H21ClO8S/c1-4-5-8-30-22(26)18-11-17(25)19-20-14(10-16(24)21(19)31-18)13-7-6-12(33(27,28)29)9-15(13)23(2,3)32-20/h6-7,9-11H,4-5,8H2,1-3H3,(H,27,28,29). The maximum absolute atomic E-state index is 13.0. The normalized spacial score (nSPS) is 14.3. The summed E-state index contributed by atoms with van der Waals surface area (Å²) in [7, 11) is -4.43. The van der Waals surface area contributed by atoms with Gasteiger partial charge in [-0.1, -0.05) is 31.0 Å². The van der Waals surface area contributed by atoms with Crippen LogP contribution in [0.15, 0.2) is 44.4 Å². The molecule has 0 atom stereocenters. The quantitative estimate of drug-likeness (QED) is 0.302. The van der Waals surface area contributed by atoms with Crippen LogP contribution in [0.4, 0.5) is 0 Å². The van der Waals surface area contributed by atoms with Gasteiger partial charge in [0.2, 0.25) is 5.76 Å². The number of benzene rings is 2. The van der Waals surface area contributed by atoms with Crippen LogP contribution in [0, 0.1) is 0 Å². The highest BCUT2D eigenvalue weighted by Crippen LogP contribution is 2.49. The molecule has 1 aliphatic heterocycles. The predicted molar refractivity (Wildman–Crippen MR) is 122 cm³/mol. The monoisotopic (exact) mass is 492 g/mol. The maximum Gasteiger partial charge on any atom is 0.374 e. The van der Waals surface area contributed by atoms with Gasteiger partial charge in [-0.25, -0.2) is 4.79 Å². The van der Waals surface area contributed by atoms with Gasteiger partial charge >= 0.3 is 5.97 Å². The minimum atomic E-state index is -4.43. The van der Waals surface area contributed by atoms with Gasteiger partial charge in [-0.3, -0.25) is 9.35 Å². The third kappa shape index (κ3) is 4.12. The van der Waals surface area contributed by atoms with Crippen molar-refractivity contribution in [3.05, 3.63) is 56.9 Å². The van der Waals surface area contributed by atoms with Gasteiger partial charge in [0.15, 0.2) is 11.0 Å². The van der Waals surface area contributed by atoms with E-state index in [2.05, 4.69) is 0 Å². The first-order chi connectivity index (χ1) is 15.4. The molecule has 0 amide bonds. The lowest BCUT2D eigenvalue weighted by Gasteiger charge is -2.35. The van der Waals surface area contributed by atoms with E-state index in [4.69, 9.17) is 25.5 Å². The van der Waals surface area contributed by atoms with Gasteiger partial charge in [0, 0.05) is 17.2 Å². The van der Waals surface area contributed by atoms with Crippen molar-refractivity contribution in [2.24, 2.45) is 0 Å². The molecular weight excluding hydrogens is 472 g/mol. The molecule has 2 heterocycles. The van der Waals surface area contributed by atoms with Crippen LogP contribution in [0.25, 0.3) is 22.1 Å². The molecule has 1 aromatic heterocycles. The van der Waals surface area contributed by atoms with Gasteiger partial charge in [-0.15, -0.1) is 0 Å². The number of carbonyl (C=O) groups excluding carboxylic acids is 1. The molecule has 33 heavy (non-hydrogen) atoms. The van der Waals surface area contributed by atoms with E-state index in [9.17, 15) is 22.6 Å². The molecule has 174 valence electrons. The van der Waals surface area contributed by atoms with Crippen LogP contribution in [0.5, 0.6) is 5.75 Å². The Balaban J connectivity index is 1.93. The maximum atomic E-state index is 13.0. The first-order valence-corrected chi connectivity index (χ1v) is 12.0. The molecule has 0 aliphatic carbocycles. The Morgan fingerprint density at radius 3 is 2.58 bits per heavy atom. The number of halogens is 1. The molecule has 0 radical (unpaired) electrons. The fourth-order valence-corrected chi connectivity index (χ4v) is 4.53. The minimum absolute atomic E-state index is 0.0147. The lowest BCUT2D eigenvalue weighted by atomic mass is 9.85. The van der Waals surface area contributed by atoms with Crippen molar-refractivity contribution in [2.75, 3.05) is 6.61 Å². The zero-order valence-electron chi connectivity index (χ0n) is 18.1. The van der Waals surface area contributed by atoms with Crippen LogP contribution in [-0.4, -0.2) is 25.5 Å². The molecular formula is C23H21ClO8S. The van der Waals surface area contributed by atoms with Crippen LogP contribution in [0.3, 0.4) is 0 Å². The van der Waals surface area contributed by atoms with E-state index in [1.165, 1.54) is 24.3 Å². The molecule has 0 saturated carbocycles. The second kappa shape index (κ2) is 8.16. The van der Waals surface area contributed by atoms with E-state index in [-0.39, 0.29) is 39.0 Å². The molecule has 10 heteroatoms. The lowest BCUT2D eigenvalue weighted by molar-refractivity contribution is 0.0463. The Morgan fingerprint density at radius 2 is 1.91 bits per heavy atom. The average molecular weight is 493 g/mol. The van der Waals surface area contributed by atoms with Crippen molar-refractivity contribution in [3.8, 4) is 16.9 Å². The lowest BCUT2D eigenvalue weighted by Crippen LogP contribution is -2.30. The molecule has 0 saturated heterocycles. The topological polar surface area (TPSA) is 120 Å². The number of rotatable bonds is 5.